The topological polar surface area (TPSA) is 85.9 Å². The Morgan fingerprint density at radius 2 is 2.00 bits per heavy atom. The highest BCUT2D eigenvalue weighted by Gasteiger charge is 2.41. The van der Waals surface area contributed by atoms with Gasteiger partial charge in [0.2, 0.25) is 5.03 Å². The first-order chi connectivity index (χ1) is 12.0. The predicted octanol–water partition coefficient (Wildman–Crippen LogP) is 1.92. The minimum absolute atomic E-state index is 0.0841. The summed E-state index contributed by atoms with van der Waals surface area (Å²) in [7, 11) is -2.10. The zero-order chi connectivity index (χ0) is 17.6. The molecule has 8 nitrogen and oxygen atoms in total. The molecular weight excluding hydrogens is 364 g/mol. The minimum atomic E-state index is -3.77. The Balaban J connectivity index is 1.72. The molecule has 0 N–H and O–H groups in total. The molecule has 0 radical (unpaired) electrons. The summed E-state index contributed by atoms with van der Waals surface area (Å²) in [5, 5.41) is 8.72. The van der Waals surface area contributed by atoms with Crippen LogP contribution in [0, 0.1) is 0 Å². The fourth-order valence-electron chi connectivity index (χ4n) is 3.72. The van der Waals surface area contributed by atoms with Crippen molar-refractivity contribution in [3.8, 4) is 0 Å². The van der Waals surface area contributed by atoms with E-state index in [1.165, 1.54) is 21.6 Å². The zero-order valence-corrected chi connectivity index (χ0v) is 15.7. The maximum Gasteiger partial charge on any atom is 0.264 e. The van der Waals surface area contributed by atoms with Gasteiger partial charge in [-0.2, -0.15) is 4.31 Å². The lowest BCUT2D eigenvalue weighted by atomic mass is 10.2. The minimum Gasteiger partial charge on any atom is -0.324 e. The molecule has 25 heavy (non-hydrogen) atoms. The van der Waals surface area contributed by atoms with Crippen LogP contribution in [-0.4, -0.2) is 43.6 Å². The Bertz CT molecular complexity index is 890. The number of aryl methyl sites for hydroxylation is 2. The number of hydrogen-bond acceptors (Lipinski definition) is 5. The second-order valence-corrected chi connectivity index (χ2v) is 8.83. The van der Waals surface area contributed by atoms with Crippen LogP contribution < -0.4 is 0 Å². The van der Waals surface area contributed by atoms with Gasteiger partial charge >= 0.3 is 0 Å². The summed E-state index contributed by atoms with van der Waals surface area (Å²) in [6, 6.07) is -0.303. The quantitative estimate of drug-likeness (QED) is 0.806. The number of fused-ring (bicyclic) bond motifs is 1. The van der Waals surface area contributed by atoms with Crippen molar-refractivity contribution in [2.75, 3.05) is 6.54 Å². The van der Waals surface area contributed by atoms with Crippen LogP contribution in [0.5, 0.6) is 0 Å². The molecule has 2 aromatic rings. The molecule has 136 valence electrons. The summed E-state index contributed by atoms with van der Waals surface area (Å²) in [4.78, 5) is 4.01. The first-order valence-corrected chi connectivity index (χ1v) is 10.4. The smallest absolute Gasteiger partial charge is 0.264 e. The van der Waals surface area contributed by atoms with Gasteiger partial charge in [0.15, 0.2) is 5.82 Å². The average molecular weight is 385 g/mol. The average Bonchev–Trinajstić information content (AvgIpc) is 3.25. The van der Waals surface area contributed by atoms with Crippen LogP contribution in [0.1, 0.15) is 49.8 Å². The number of imidazole rings is 1. The van der Waals surface area contributed by atoms with Gasteiger partial charge in [-0.1, -0.05) is 18.0 Å². The van der Waals surface area contributed by atoms with Crippen molar-refractivity contribution in [2.24, 2.45) is 7.05 Å². The van der Waals surface area contributed by atoms with E-state index in [0.29, 0.717) is 6.54 Å². The Kier molecular flexibility index (Phi) is 4.33. The van der Waals surface area contributed by atoms with Gasteiger partial charge in [0.1, 0.15) is 11.0 Å². The molecule has 0 aromatic carbocycles. The van der Waals surface area contributed by atoms with Crippen molar-refractivity contribution in [1.29, 1.82) is 0 Å². The third-order valence-corrected chi connectivity index (χ3v) is 7.43. The lowest BCUT2D eigenvalue weighted by Gasteiger charge is -2.23. The van der Waals surface area contributed by atoms with Gasteiger partial charge in [0.25, 0.3) is 10.0 Å². The summed E-state index contributed by atoms with van der Waals surface area (Å²) in [5.74, 6) is 1.72. The largest absolute Gasteiger partial charge is 0.324 e. The lowest BCUT2D eigenvalue weighted by molar-refractivity contribution is 0.369. The van der Waals surface area contributed by atoms with E-state index in [0.717, 1.165) is 50.3 Å². The Morgan fingerprint density at radius 3 is 2.76 bits per heavy atom. The van der Waals surface area contributed by atoms with Gasteiger partial charge in [-0.25, -0.2) is 13.4 Å². The molecule has 10 heteroatoms. The second-order valence-electron chi connectivity index (χ2n) is 6.66. The predicted molar refractivity (Wildman–Crippen MR) is 91.7 cm³/mol. The van der Waals surface area contributed by atoms with Crippen molar-refractivity contribution in [3.05, 3.63) is 23.1 Å². The lowest BCUT2D eigenvalue weighted by Crippen LogP contribution is -2.32. The highest BCUT2D eigenvalue weighted by atomic mass is 35.5. The number of hydrogen-bond donors (Lipinski definition) is 0. The first-order valence-electron chi connectivity index (χ1n) is 8.61. The van der Waals surface area contributed by atoms with Crippen molar-refractivity contribution in [1.82, 2.24) is 28.6 Å². The van der Waals surface area contributed by atoms with Crippen molar-refractivity contribution in [3.63, 3.8) is 0 Å². The fourth-order valence-corrected chi connectivity index (χ4v) is 5.77. The monoisotopic (exact) mass is 384 g/mol. The molecule has 1 fully saturated rings. The molecule has 0 spiro atoms. The van der Waals surface area contributed by atoms with Gasteiger partial charge in [0.05, 0.1) is 12.4 Å². The normalized spacial score (nSPS) is 22.1. The van der Waals surface area contributed by atoms with Gasteiger partial charge in [0, 0.05) is 26.6 Å². The van der Waals surface area contributed by atoms with Crippen LogP contribution in [-0.2, 0) is 30.0 Å². The molecule has 1 unspecified atom stereocenters. The third kappa shape index (κ3) is 2.78. The van der Waals surface area contributed by atoms with E-state index in [4.69, 9.17) is 11.6 Å². The third-order valence-electron chi connectivity index (χ3n) is 5.03. The molecule has 4 rings (SSSR count). The summed E-state index contributed by atoms with van der Waals surface area (Å²) in [6.45, 7) is 1.30. The van der Waals surface area contributed by atoms with Gasteiger partial charge in [-0.05, 0) is 25.7 Å². The highest BCUT2D eigenvalue weighted by Crippen LogP contribution is 2.37. The molecule has 0 amide bonds. The van der Waals surface area contributed by atoms with Gasteiger partial charge < -0.3 is 9.13 Å². The molecule has 1 saturated heterocycles. The second kappa shape index (κ2) is 6.37. The van der Waals surface area contributed by atoms with Crippen molar-refractivity contribution in [2.45, 2.75) is 56.1 Å². The number of aromatic nitrogens is 5. The summed E-state index contributed by atoms with van der Waals surface area (Å²) >= 11 is 6.14. The molecule has 2 aliphatic heterocycles. The van der Waals surface area contributed by atoms with Crippen LogP contribution in [0.15, 0.2) is 11.4 Å². The molecule has 1 atom stereocenters. The van der Waals surface area contributed by atoms with Crippen LogP contribution in [0.3, 0.4) is 0 Å². The van der Waals surface area contributed by atoms with Gasteiger partial charge in [-0.3, -0.25) is 0 Å². The molecule has 2 aliphatic rings. The molecule has 2 aromatic heterocycles. The van der Waals surface area contributed by atoms with E-state index in [2.05, 4.69) is 19.7 Å². The summed E-state index contributed by atoms with van der Waals surface area (Å²) < 4.78 is 31.3. The number of halogens is 1. The van der Waals surface area contributed by atoms with E-state index in [-0.39, 0.29) is 16.2 Å². The van der Waals surface area contributed by atoms with Crippen LogP contribution in [0.2, 0.25) is 5.15 Å². The van der Waals surface area contributed by atoms with E-state index in [1.54, 1.807) is 7.05 Å². The Hall–Kier alpha value is -1.45. The fraction of sp³-hybridized carbons (Fsp3) is 0.667. The van der Waals surface area contributed by atoms with Crippen molar-refractivity contribution < 1.29 is 8.42 Å². The van der Waals surface area contributed by atoms with E-state index in [9.17, 15) is 8.42 Å². The van der Waals surface area contributed by atoms with E-state index in [1.807, 2.05) is 0 Å². The highest BCUT2D eigenvalue weighted by molar-refractivity contribution is 7.89. The SMILES string of the molecule is Cn1cnc(S(=O)(=O)N2CCCC2c2nnc3n2CCCCC3)c1Cl. The molecular formula is C15H21ClN6O2S. The van der Waals surface area contributed by atoms with E-state index < -0.39 is 10.0 Å². The number of rotatable bonds is 3. The standard InChI is InChI=1S/C15H21ClN6O2S/c1-20-10-17-15(13(20)16)25(23,24)22-9-5-6-11(22)14-19-18-12-7-3-2-4-8-21(12)14/h10-11H,2-9H2,1H3. The maximum absolute atomic E-state index is 13.1. The summed E-state index contributed by atoms with van der Waals surface area (Å²) in [6.07, 6.45) is 7.19. The van der Waals surface area contributed by atoms with Crippen LogP contribution in [0.25, 0.3) is 0 Å². The number of nitrogens with zero attached hydrogens (tertiary/aromatic N) is 6. The Labute approximate surface area is 151 Å². The maximum atomic E-state index is 13.1. The van der Waals surface area contributed by atoms with Crippen LogP contribution >= 0.6 is 11.6 Å². The Morgan fingerprint density at radius 1 is 1.16 bits per heavy atom. The molecule has 0 saturated carbocycles. The van der Waals surface area contributed by atoms with Crippen LogP contribution in [0.4, 0.5) is 0 Å². The summed E-state index contributed by atoms with van der Waals surface area (Å²) in [5.41, 5.74) is 0. The number of sulfonamides is 1. The first kappa shape index (κ1) is 17.0. The van der Waals surface area contributed by atoms with Crippen molar-refractivity contribution >= 4 is 21.6 Å². The van der Waals surface area contributed by atoms with Gasteiger partial charge in [-0.15, -0.1) is 10.2 Å². The molecule has 0 bridgehead atoms. The molecule has 0 aliphatic carbocycles. The molecule has 4 heterocycles. The zero-order valence-electron chi connectivity index (χ0n) is 14.1. The van der Waals surface area contributed by atoms with E-state index >= 15 is 0 Å².